The van der Waals surface area contributed by atoms with E-state index in [2.05, 4.69) is 9.97 Å². The van der Waals surface area contributed by atoms with Crippen molar-refractivity contribution >= 4 is 21.6 Å². The number of benzene rings is 1. The summed E-state index contributed by atoms with van der Waals surface area (Å²) in [5, 5.41) is 10.7. The van der Waals surface area contributed by atoms with Gasteiger partial charge >= 0.3 is 0 Å². The zero-order chi connectivity index (χ0) is 13.4. The molecule has 0 saturated carbocycles. The van der Waals surface area contributed by atoms with Crippen LogP contribution in [-0.2, 0) is 0 Å². The first-order chi connectivity index (χ1) is 9.16. The first kappa shape index (κ1) is 11.9. The van der Waals surface area contributed by atoms with E-state index in [1.54, 1.807) is 35.6 Å². The molecule has 2 aromatic heterocycles. The molecule has 0 radical (unpaired) electrons. The maximum atomic E-state index is 9.75. The number of thiophene rings is 1. The molecule has 0 bridgehead atoms. The van der Waals surface area contributed by atoms with Crippen molar-refractivity contribution < 1.29 is 9.84 Å². The van der Waals surface area contributed by atoms with E-state index in [9.17, 15) is 5.11 Å². The second-order valence-corrected chi connectivity index (χ2v) is 5.42. The van der Waals surface area contributed by atoms with Crippen LogP contribution in [0.25, 0.3) is 10.2 Å². The minimum Gasteiger partial charge on any atom is -0.504 e. The summed E-state index contributed by atoms with van der Waals surface area (Å²) in [6.07, 6.45) is 1.48. The first-order valence-electron chi connectivity index (χ1n) is 5.83. The van der Waals surface area contributed by atoms with Gasteiger partial charge in [-0.1, -0.05) is 12.1 Å². The number of fused-ring (bicyclic) bond motifs is 1. The first-order valence-corrected chi connectivity index (χ1v) is 6.65. The highest BCUT2D eigenvalue weighted by atomic mass is 32.1. The largest absolute Gasteiger partial charge is 0.504 e. The Labute approximate surface area is 114 Å². The number of aryl methyl sites for hydroxylation is 2. The summed E-state index contributed by atoms with van der Waals surface area (Å²) in [6, 6.07) is 6.84. The van der Waals surface area contributed by atoms with Gasteiger partial charge in [-0.05, 0) is 31.5 Å². The number of nitrogens with zero attached hydrogens (tertiary/aromatic N) is 2. The minimum atomic E-state index is 0.0962. The van der Waals surface area contributed by atoms with Crippen molar-refractivity contribution in [3.8, 4) is 17.4 Å². The van der Waals surface area contributed by atoms with Crippen LogP contribution in [0.1, 0.15) is 10.4 Å². The van der Waals surface area contributed by atoms with Gasteiger partial charge in [0.05, 0.1) is 5.39 Å². The highest BCUT2D eigenvalue weighted by molar-refractivity contribution is 7.18. The van der Waals surface area contributed by atoms with Crippen LogP contribution >= 0.6 is 11.3 Å². The lowest BCUT2D eigenvalue weighted by Gasteiger charge is -2.07. The van der Waals surface area contributed by atoms with Crippen LogP contribution in [0.5, 0.6) is 17.4 Å². The van der Waals surface area contributed by atoms with Gasteiger partial charge in [-0.15, -0.1) is 11.3 Å². The van der Waals surface area contributed by atoms with E-state index in [4.69, 9.17) is 4.74 Å². The Hall–Kier alpha value is -2.14. The average Bonchev–Trinajstić information content (AvgIpc) is 2.69. The number of hydrogen-bond donors (Lipinski definition) is 1. The lowest BCUT2D eigenvalue weighted by molar-refractivity contribution is 0.405. The Balaban J connectivity index is 2.13. The Morgan fingerprint density at radius 2 is 1.95 bits per heavy atom. The SMILES string of the molecule is Cc1sc2ncnc(Oc3ccccc3O)c2c1C. The summed E-state index contributed by atoms with van der Waals surface area (Å²) in [5.41, 5.74) is 1.12. The average molecular weight is 272 g/mol. The molecule has 0 saturated heterocycles. The molecule has 2 heterocycles. The molecule has 3 aromatic rings. The van der Waals surface area contributed by atoms with E-state index in [1.807, 2.05) is 13.8 Å². The molecule has 0 atom stereocenters. The molecule has 96 valence electrons. The molecule has 0 spiro atoms. The number of aromatic nitrogens is 2. The molecular formula is C14H12N2O2S. The Morgan fingerprint density at radius 3 is 2.74 bits per heavy atom. The maximum Gasteiger partial charge on any atom is 0.231 e. The zero-order valence-corrected chi connectivity index (χ0v) is 11.4. The van der Waals surface area contributed by atoms with Gasteiger partial charge in [-0.2, -0.15) is 0 Å². The summed E-state index contributed by atoms with van der Waals surface area (Å²) in [4.78, 5) is 10.5. The van der Waals surface area contributed by atoms with Gasteiger partial charge in [0.15, 0.2) is 11.5 Å². The van der Waals surface area contributed by atoms with Crippen molar-refractivity contribution in [2.24, 2.45) is 0 Å². The second-order valence-electron chi connectivity index (χ2n) is 4.21. The normalized spacial score (nSPS) is 10.8. The van der Waals surface area contributed by atoms with Crippen molar-refractivity contribution in [2.75, 3.05) is 0 Å². The van der Waals surface area contributed by atoms with E-state index in [0.29, 0.717) is 11.6 Å². The minimum absolute atomic E-state index is 0.0962. The van der Waals surface area contributed by atoms with Crippen LogP contribution in [0, 0.1) is 13.8 Å². The predicted molar refractivity (Wildman–Crippen MR) is 75.1 cm³/mol. The van der Waals surface area contributed by atoms with Crippen molar-refractivity contribution in [3.05, 3.63) is 41.0 Å². The summed E-state index contributed by atoms with van der Waals surface area (Å²) in [7, 11) is 0. The number of para-hydroxylation sites is 2. The third-order valence-corrected chi connectivity index (χ3v) is 4.12. The smallest absolute Gasteiger partial charge is 0.231 e. The lowest BCUT2D eigenvalue weighted by atomic mass is 10.2. The van der Waals surface area contributed by atoms with Crippen molar-refractivity contribution in [1.82, 2.24) is 9.97 Å². The number of ether oxygens (including phenoxy) is 1. The number of phenolic OH excluding ortho intramolecular Hbond substituents is 1. The van der Waals surface area contributed by atoms with E-state index in [0.717, 1.165) is 15.8 Å². The Bertz CT molecular complexity index is 752. The van der Waals surface area contributed by atoms with Crippen LogP contribution in [0.15, 0.2) is 30.6 Å². The van der Waals surface area contributed by atoms with Crippen LogP contribution in [0.4, 0.5) is 0 Å². The van der Waals surface area contributed by atoms with Gasteiger partial charge < -0.3 is 9.84 Å². The molecule has 0 aliphatic rings. The summed E-state index contributed by atoms with van der Waals surface area (Å²) in [5.74, 6) is 0.970. The van der Waals surface area contributed by atoms with Crippen molar-refractivity contribution in [3.63, 3.8) is 0 Å². The van der Waals surface area contributed by atoms with E-state index in [-0.39, 0.29) is 5.75 Å². The van der Waals surface area contributed by atoms with Crippen LogP contribution in [0.2, 0.25) is 0 Å². The highest BCUT2D eigenvalue weighted by Gasteiger charge is 2.14. The molecule has 4 nitrogen and oxygen atoms in total. The van der Waals surface area contributed by atoms with Gasteiger partial charge in [-0.25, -0.2) is 9.97 Å². The van der Waals surface area contributed by atoms with Gasteiger partial charge in [0.1, 0.15) is 11.2 Å². The third kappa shape index (κ3) is 2.02. The van der Waals surface area contributed by atoms with Gasteiger partial charge in [-0.3, -0.25) is 0 Å². The zero-order valence-electron chi connectivity index (χ0n) is 10.5. The van der Waals surface area contributed by atoms with Crippen LogP contribution in [-0.4, -0.2) is 15.1 Å². The molecule has 19 heavy (non-hydrogen) atoms. The molecule has 0 aliphatic heterocycles. The van der Waals surface area contributed by atoms with E-state index < -0.39 is 0 Å². The second kappa shape index (κ2) is 4.51. The van der Waals surface area contributed by atoms with Gasteiger partial charge in [0, 0.05) is 4.88 Å². The van der Waals surface area contributed by atoms with E-state index in [1.165, 1.54) is 11.2 Å². The molecule has 1 aromatic carbocycles. The molecule has 5 heteroatoms. The van der Waals surface area contributed by atoms with Crippen LogP contribution in [0.3, 0.4) is 0 Å². The quantitative estimate of drug-likeness (QED) is 0.770. The monoisotopic (exact) mass is 272 g/mol. The number of phenols is 1. The fourth-order valence-corrected chi connectivity index (χ4v) is 2.86. The summed E-state index contributed by atoms with van der Waals surface area (Å²) < 4.78 is 5.72. The van der Waals surface area contributed by atoms with Crippen molar-refractivity contribution in [1.29, 1.82) is 0 Å². The molecule has 3 rings (SSSR count). The molecule has 0 unspecified atom stereocenters. The molecule has 1 N–H and O–H groups in total. The topological polar surface area (TPSA) is 55.2 Å². The standard InChI is InChI=1S/C14H12N2O2S/c1-8-9(2)19-14-12(8)13(15-7-16-14)18-11-6-4-3-5-10(11)17/h3-7,17H,1-2H3. The molecule has 0 aliphatic carbocycles. The lowest BCUT2D eigenvalue weighted by Crippen LogP contribution is -1.90. The fourth-order valence-electron chi connectivity index (χ4n) is 1.88. The summed E-state index contributed by atoms with van der Waals surface area (Å²) >= 11 is 1.61. The number of hydrogen-bond acceptors (Lipinski definition) is 5. The predicted octanol–water partition coefficient (Wildman–Crippen LogP) is 3.81. The maximum absolute atomic E-state index is 9.75. The van der Waals surface area contributed by atoms with Crippen molar-refractivity contribution in [2.45, 2.75) is 13.8 Å². The molecule has 0 amide bonds. The Kier molecular flexibility index (Phi) is 2.83. The number of aromatic hydroxyl groups is 1. The fraction of sp³-hybridized carbons (Fsp3) is 0.143. The Morgan fingerprint density at radius 1 is 1.16 bits per heavy atom. The third-order valence-electron chi connectivity index (χ3n) is 3.00. The van der Waals surface area contributed by atoms with Crippen LogP contribution < -0.4 is 4.74 Å². The van der Waals surface area contributed by atoms with Gasteiger partial charge in [0.25, 0.3) is 0 Å². The highest BCUT2D eigenvalue weighted by Crippen LogP contribution is 2.37. The molecular weight excluding hydrogens is 260 g/mol. The summed E-state index contributed by atoms with van der Waals surface area (Å²) in [6.45, 7) is 4.07. The molecule has 0 fully saturated rings. The van der Waals surface area contributed by atoms with Gasteiger partial charge in [0.2, 0.25) is 5.88 Å². The number of rotatable bonds is 2. The van der Waals surface area contributed by atoms with E-state index >= 15 is 0 Å².